The van der Waals surface area contributed by atoms with Crippen molar-refractivity contribution >= 4 is 21.8 Å². The minimum Gasteiger partial charge on any atom is -0.457 e. The number of ether oxygens (including phenoxy) is 1. The van der Waals surface area contributed by atoms with E-state index in [1.165, 1.54) is 38.6 Å². The number of nitrogens with zero attached hydrogens (tertiary/aromatic N) is 4. The molecule has 5 heteroatoms. The van der Waals surface area contributed by atoms with Crippen molar-refractivity contribution < 1.29 is 4.74 Å². The molecule has 7 aromatic rings. The van der Waals surface area contributed by atoms with Gasteiger partial charge in [0.15, 0.2) is 0 Å². The second kappa shape index (κ2) is 13.0. The number of hydrogen-bond acceptors (Lipinski definition) is 3. The van der Waals surface area contributed by atoms with Crippen LogP contribution in [0, 0.1) is 5.92 Å². The summed E-state index contributed by atoms with van der Waals surface area (Å²) in [5, 5.41) is 7.24. The largest absolute Gasteiger partial charge is 0.457 e. The molecule has 0 spiro atoms. The molecule has 248 valence electrons. The van der Waals surface area contributed by atoms with Crippen LogP contribution in [-0.4, -0.2) is 19.3 Å². The van der Waals surface area contributed by atoms with Gasteiger partial charge in [-0.3, -0.25) is 4.57 Å². The maximum atomic E-state index is 6.74. The van der Waals surface area contributed by atoms with E-state index >= 15 is 0 Å². The smallest absolute Gasteiger partial charge is 0.137 e. The monoisotopic (exact) mass is 646 g/mol. The Morgan fingerprint density at radius 3 is 2.24 bits per heavy atom. The van der Waals surface area contributed by atoms with Crippen LogP contribution in [0.4, 0.5) is 0 Å². The van der Waals surface area contributed by atoms with E-state index in [9.17, 15) is 0 Å². The zero-order valence-corrected chi connectivity index (χ0v) is 29.8. The molecular formula is C44H46N4O. The summed E-state index contributed by atoms with van der Waals surface area (Å²) in [5.41, 5.74) is 10.7. The highest BCUT2D eigenvalue weighted by atomic mass is 16.5. The molecule has 7 rings (SSSR count). The van der Waals surface area contributed by atoms with Gasteiger partial charge in [0.05, 0.1) is 22.9 Å². The van der Waals surface area contributed by atoms with E-state index in [-0.39, 0.29) is 5.41 Å². The molecule has 4 aromatic carbocycles. The van der Waals surface area contributed by atoms with Gasteiger partial charge >= 0.3 is 0 Å². The van der Waals surface area contributed by atoms with Gasteiger partial charge in [0.2, 0.25) is 0 Å². The van der Waals surface area contributed by atoms with Gasteiger partial charge in [-0.1, -0.05) is 84.9 Å². The first kappa shape index (κ1) is 32.4. The van der Waals surface area contributed by atoms with Gasteiger partial charge in [0, 0.05) is 40.9 Å². The van der Waals surface area contributed by atoms with E-state index in [0.717, 1.165) is 58.9 Å². The van der Waals surface area contributed by atoms with Crippen LogP contribution in [0.25, 0.3) is 44.4 Å². The average Bonchev–Trinajstić information content (AvgIpc) is 3.70. The normalized spacial score (nSPS) is 12.0. The molecule has 0 fully saturated rings. The Bertz CT molecular complexity index is 2260. The van der Waals surface area contributed by atoms with Crippen LogP contribution in [0.2, 0.25) is 0 Å². The fourth-order valence-electron chi connectivity index (χ4n) is 6.99. The van der Waals surface area contributed by atoms with Crippen molar-refractivity contribution in [2.24, 2.45) is 5.92 Å². The second-order valence-electron chi connectivity index (χ2n) is 14.6. The Kier molecular flexibility index (Phi) is 8.62. The number of rotatable bonds is 9. The summed E-state index contributed by atoms with van der Waals surface area (Å²) in [7, 11) is 0. The van der Waals surface area contributed by atoms with E-state index in [2.05, 4.69) is 150 Å². The molecule has 3 heterocycles. The summed E-state index contributed by atoms with van der Waals surface area (Å²) >= 11 is 0. The summed E-state index contributed by atoms with van der Waals surface area (Å²) in [6, 6.07) is 32.4. The van der Waals surface area contributed by atoms with Crippen molar-refractivity contribution in [3.05, 3.63) is 132 Å². The number of para-hydroxylation sites is 1. The first-order chi connectivity index (χ1) is 23.6. The molecule has 0 atom stereocenters. The van der Waals surface area contributed by atoms with Crippen molar-refractivity contribution in [2.75, 3.05) is 0 Å². The maximum Gasteiger partial charge on any atom is 0.137 e. The zero-order valence-electron chi connectivity index (χ0n) is 29.8. The van der Waals surface area contributed by atoms with E-state index < -0.39 is 0 Å². The SMILES string of the molecule is CCc1cccc(CC)c1-c1cnn(-c2cc(Oc3ccc4c5ccccc5n(-c5cc(CC(C)C)ccn5)c4c3)cc(C(C)(C)C)c2)c1. The summed E-state index contributed by atoms with van der Waals surface area (Å²) in [4.78, 5) is 4.84. The molecule has 0 aliphatic rings. The second-order valence-corrected chi connectivity index (χ2v) is 14.6. The quantitative estimate of drug-likeness (QED) is 0.157. The number of aromatic nitrogens is 4. The van der Waals surface area contributed by atoms with Gasteiger partial charge < -0.3 is 4.74 Å². The van der Waals surface area contributed by atoms with E-state index in [0.29, 0.717) is 5.92 Å². The van der Waals surface area contributed by atoms with Crippen LogP contribution < -0.4 is 4.74 Å². The zero-order chi connectivity index (χ0) is 34.3. The van der Waals surface area contributed by atoms with Gasteiger partial charge in [0.25, 0.3) is 0 Å². The van der Waals surface area contributed by atoms with Gasteiger partial charge in [0.1, 0.15) is 17.3 Å². The summed E-state index contributed by atoms with van der Waals surface area (Å²) < 4.78 is 11.0. The molecule has 0 radical (unpaired) electrons. The van der Waals surface area contributed by atoms with Gasteiger partial charge in [-0.05, 0) is 101 Å². The lowest BCUT2D eigenvalue weighted by atomic mass is 9.86. The molecule has 0 aliphatic carbocycles. The Morgan fingerprint density at radius 2 is 1.51 bits per heavy atom. The third-order valence-corrected chi connectivity index (χ3v) is 9.46. The molecule has 0 N–H and O–H groups in total. The Morgan fingerprint density at radius 1 is 0.755 bits per heavy atom. The first-order valence-electron chi connectivity index (χ1n) is 17.6. The highest BCUT2D eigenvalue weighted by Gasteiger charge is 2.19. The van der Waals surface area contributed by atoms with Crippen LogP contribution in [-0.2, 0) is 24.7 Å². The number of fused-ring (bicyclic) bond motifs is 3. The van der Waals surface area contributed by atoms with Crippen LogP contribution in [0.3, 0.4) is 0 Å². The number of aryl methyl sites for hydroxylation is 2. The lowest BCUT2D eigenvalue weighted by Crippen LogP contribution is -2.12. The van der Waals surface area contributed by atoms with E-state index in [1.807, 2.05) is 17.1 Å². The van der Waals surface area contributed by atoms with E-state index in [1.54, 1.807) is 0 Å². The predicted molar refractivity (Wildman–Crippen MR) is 204 cm³/mol. The van der Waals surface area contributed by atoms with E-state index in [4.69, 9.17) is 14.8 Å². The van der Waals surface area contributed by atoms with Crippen molar-refractivity contribution in [3.63, 3.8) is 0 Å². The summed E-state index contributed by atoms with van der Waals surface area (Å²) in [6.07, 6.45) is 9.05. The third kappa shape index (κ3) is 6.38. The summed E-state index contributed by atoms with van der Waals surface area (Å²) in [5.74, 6) is 3.04. The third-order valence-electron chi connectivity index (χ3n) is 9.46. The first-order valence-corrected chi connectivity index (χ1v) is 17.6. The minimum atomic E-state index is -0.0860. The van der Waals surface area contributed by atoms with Gasteiger partial charge in [-0.15, -0.1) is 0 Å². The average molecular weight is 647 g/mol. The Labute approximate surface area is 290 Å². The Balaban J connectivity index is 1.31. The number of hydrogen-bond donors (Lipinski definition) is 0. The van der Waals surface area contributed by atoms with Crippen molar-refractivity contribution in [2.45, 2.75) is 73.1 Å². The van der Waals surface area contributed by atoms with Crippen LogP contribution in [0.1, 0.15) is 70.7 Å². The molecule has 0 unspecified atom stereocenters. The molecule has 0 bridgehead atoms. The number of pyridine rings is 1. The fraction of sp³-hybridized carbons (Fsp3) is 0.273. The maximum absolute atomic E-state index is 6.74. The topological polar surface area (TPSA) is 44.9 Å². The lowest BCUT2D eigenvalue weighted by molar-refractivity contribution is 0.478. The van der Waals surface area contributed by atoms with Crippen molar-refractivity contribution in [1.82, 2.24) is 19.3 Å². The van der Waals surface area contributed by atoms with Gasteiger partial charge in [-0.2, -0.15) is 5.10 Å². The molecule has 5 nitrogen and oxygen atoms in total. The van der Waals surface area contributed by atoms with Gasteiger partial charge in [-0.25, -0.2) is 9.67 Å². The summed E-state index contributed by atoms with van der Waals surface area (Å²) in [6.45, 7) is 15.7. The van der Waals surface area contributed by atoms with Crippen LogP contribution in [0.5, 0.6) is 11.5 Å². The van der Waals surface area contributed by atoms with Crippen molar-refractivity contribution in [1.29, 1.82) is 0 Å². The highest BCUT2D eigenvalue weighted by molar-refractivity contribution is 6.09. The molecule has 0 saturated heterocycles. The lowest BCUT2D eigenvalue weighted by Gasteiger charge is -2.21. The number of benzene rings is 4. The molecule has 0 aliphatic heterocycles. The minimum absolute atomic E-state index is 0.0860. The molecule has 0 amide bonds. The predicted octanol–water partition coefficient (Wildman–Crippen LogP) is 11.4. The fourth-order valence-corrected chi connectivity index (χ4v) is 6.99. The van der Waals surface area contributed by atoms with Crippen LogP contribution >= 0.6 is 0 Å². The standard InChI is InChI=1S/C44H46N4O/c1-8-31-13-12-14-32(9-2)43(31)33-27-46-47(28-33)35-23-34(44(5,6)7)24-37(25-35)49-36-17-18-39-38-15-10-11-16-40(38)48(41(39)26-36)42-22-30(19-20-45-42)21-29(3)4/h10-20,22-29H,8-9,21H2,1-7H3. The Hall–Kier alpha value is -5.16. The van der Waals surface area contributed by atoms with Crippen molar-refractivity contribution in [3.8, 4) is 34.1 Å². The molecule has 49 heavy (non-hydrogen) atoms. The molecule has 0 saturated carbocycles. The highest BCUT2D eigenvalue weighted by Crippen LogP contribution is 2.37. The molecule has 3 aromatic heterocycles. The molecular weight excluding hydrogens is 601 g/mol. The van der Waals surface area contributed by atoms with Crippen LogP contribution in [0.15, 0.2) is 110 Å².